The van der Waals surface area contributed by atoms with Crippen molar-refractivity contribution >= 4 is 35.2 Å². The molecule has 5 heteroatoms. The van der Waals surface area contributed by atoms with Gasteiger partial charge in [0.15, 0.2) is 17.5 Å². The maximum atomic E-state index is 6.85. The summed E-state index contributed by atoms with van der Waals surface area (Å²) in [5.41, 5.74) is 12.1. The van der Waals surface area contributed by atoms with E-state index in [1.54, 1.807) is 0 Å². The summed E-state index contributed by atoms with van der Waals surface area (Å²) in [6.45, 7) is 12.1. The Balaban J connectivity index is 1.32. The van der Waals surface area contributed by atoms with E-state index in [1.165, 1.54) is 33.0 Å². The molecule has 0 amide bonds. The van der Waals surface area contributed by atoms with Crippen LogP contribution in [-0.2, 0) is 5.41 Å². The Morgan fingerprint density at radius 2 is 1.10 bits per heavy atom. The number of fused-ring (bicyclic) bond motifs is 6. The molecular weight excluding hydrogens is 627 g/mol. The van der Waals surface area contributed by atoms with Crippen LogP contribution < -0.4 is 5.19 Å². The Bertz CT molecular complexity index is 2540. The van der Waals surface area contributed by atoms with Crippen molar-refractivity contribution in [2.75, 3.05) is 0 Å². The van der Waals surface area contributed by atoms with Crippen molar-refractivity contribution in [1.82, 2.24) is 15.0 Å². The van der Waals surface area contributed by atoms with Crippen LogP contribution in [-0.4, -0.2) is 23.0 Å². The van der Waals surface area contributed by atoms with Crippen molar-refractivity contribution in [2.45, 2.75) is 38.9 Å². The lowest BCUT2D eigenvalue weighted by molar-refractivity contribution is 0.659. The van der Waals surface area contributed by atoms with Crippen molar-refractivity contribution in [1.29, 1.82) is 0 Å². The second-order valence-electron chi connectivity index (χ2n) is 14.8. The molecular formula is C45H37N3OSi. The predicted molar refractivity (Wildman–Crippen MR) is 209 cm³/mol. The number of benzene rings is 6. The Labute approximate surface area is 293 Å². The first kappa shape index (κ1) is 30.4. The van der Waals surface area contributed by atoms with Crippen LogP contribution in [0.1, 0.15) is 25.0 Å². The van der Waals surface area contributed by atoms with Gasteiger partial charge in [-0.1, -0.05) is 154 Å². The minimum atomic E-state index is -1.62. The standard InChI is InChI=1S/C45H37N3OSi/c1-45(2)35-23-15-25-37(50(3,4)5)39(35)33-22-14-21-30(40(33)45)31-26-27-34(38-32-20-12-13-24-36(32)49-41(31)38)44-47-42(28-16-8-6-9-17-28)46-43(48-44)29-18-10-7-11-19-29/h6-27H,1-5H3. The fraction of sp³-hybridized carbons (Fsp3) is 0.133. The Morgan fingerprint density at radius 1 is 0.520 bits per heavy atom. The molecule has 0 saturated carbocycles. The molecule has 2 aromatic heterocycles. The summed E-state index contributed by atoms with van der Waals surface area (Å²) in [4.78, 5) is 15.2. The van der Waals surface area contributed by atoms with Crippen LogP contribution >= 0.6 is 0 Å². The number of aromatic nitrogens is 3. The molecule has 242 valence electrons. The molecule has 0 spiro atoms. The van der Waals surface area contributed by atoms with Gasteiger partial charge in [0.05, 0.1) is 8.07 Å². The predicted octanol–water partition coefficient (Wildman–Crippen LogP) is 11.3. The first-order chi connectivity index (χ1) is 24.2. The van der Waals surface area contributed by atoms with Crippen LogP contribution in [0, 0.1) is 0 Å². The van der Waals surface area contributed by atoms with E-state index in [2.05, 4.69) is 100 Å². The van der Waals surface area contributed by atoms with Crippen LogP contribution in [0.15, 0.2) is 138 Å². The molecule has 0 saturated heterocycles. The molecule has 6 aromatic carbocycles. The SMILES string of the molecule is CC1(C)c2cccc([Si](C)(C)C)c2-c2cccc(-c3ccc(-c4nc(-c5ccccc5)nc(-c5ccccc5)n4)c4c3oc3ccccc34)c21. The van der Waals surface area contributed by atoms with Gasteiger partial charge in [-0.3, -0.25) is 0 Å². The molecule has 0 atom stereocenters. The zero-order chi connectivity index (χ0) is 34.2. The number of hydrogen-bond donors (Lipinski definition) is 0. The minimum absolute atomic E-state index is 0.183. The molecule has 4 nitrogen and oxygen atoms in total. The summed E-state index contributed by atoms with van der Waals surface area (Å²) in [7, 11) is -1.62. The number of hydrogen-bond acceptors (Lipinski definition) is 4. The van der Waals surface area contributed by atoms with Gasteiger partial charge in [0.2, 0.25) is 0 Å². The first-order valence-corrected chi connectivity index (χ1v) is 20.8. The zero-order valence-electron chi connectivity index (χ0n) is 29.0. The Kier molecular flexibility index (Phi) is 6.81. The van der Waals surface area contributed by atoms with Gasteiger partial charge in [-0.25, -0.2) is 15.0 Å². The number of furan rings is 1. The summed E-state index contributed by atoms with van der Waals surface area (Å²) in [6, 6.07) is 46.7. The summed E-state index contributed by atoms with van der Waals surface area (Å²) >= 11 is 0. The van der Waals surface area contributed by atoms with Crippen molar-refractivity contribution in [3.8, 4) is 56.4 Å². The van der Waals surface area contributed by atoms with E-state index in [0.717, 1.165) is 44.2 Å². The van der Waals surface area contributed by atoms with Gasteiger partial charge >= 0.3 is 0 Å². The van der Waals surface area contributed by atoms with E-state index < -0.39 is 8.07 Å². The maximum Gasteiger partial charge on any atom is 0.164 e. The lowest BCUT2D eigenvalue weighted by Gasteiger charge is -2.25. The molecule has 0 radical (unpaired) electrons. The molecule has 8 aromatic rings. The van der Waals surface area contributed by atoms with Crippen LogP contribution in [0.3, 0.4) is 0 Å². The minimum Gasteiger partial charge on any atom is -0.455 e. The van der Waals surface area contributed by atoms with E-state index in [9.17, 15) is 0 Å². The molecule has 9 rings (SSSR count). The zero-order valence-corrected chi connectivity index (χ0v) is 30.0. The third-order valence-corrected chi connectivity index (χ3v) is 12.3. The van der Waals surface area contributed by atoms with Crippen molar-refractivity contribution in [3.05, 3.63) is 145 Å². The van der Waals surface area contributed by atoms with Gasteiger partial charge in [0, 0.05) is 38.4 Å². The van der Waals surface area contributed by atoms with Crippen molar-refractivity contribution in [3.63, 3.8) is 0 Å². The van der Waals surface area contributed by atoms with Crippen LogP contribution in [0.2, 0.25) is 19.6 Å². The normalized spacial score (nSPS) is 13.5. The van der Waals surface area contributed by atoms with E-state index in [-0.39, 0.29) is 5.41 Å². The highest BCUT2D eigenvalue weighted by Gasteiger charge is 2.40. The highest BCUT2D eigenvalue weighted by atomic mass is 28.3. The monoisotopic (exact) mass is 663 g/mol. The average Bonchev–Trinajstić information content (AvgIpc) is 3.64. The molecule has 0 bridgehead atoms. The van der Waals surface area contributed by atoms with Gasteiger partial charge in [0.1, 0.15) is 11.2 Å². The lowest BCUT2D eigenvalue weighted by atomic mass is 9.78. The fourth-order valence-electron chi connectivity index (χ4n) is 7.94. The summed E-state index contributed by atoms with van der Waals surface area (Å²) in [6.07, 6.45) is 0. The number of nitrogens with zero attached hydrogens (tertiary/aromatic N) is 3. The molecule has 0 fully saturated rings. The molecule has 0 unspecified atom stereocenters. The van der Waals surface area contributed by atoms with E-state index >= 15 is 0 Å². The Hall–Kier alpha value is -5.65. The summed E-state index contributed by atoms with van der Waals surface area (Å²) < 4.78 is 6.85. The highest BCUT2D eigenvalue weighted by Crippen LogP contribution is 2.53. The lowest BCUT2D eigenvalue weighted by Crippen LogP contribution is -2.39. The third-order valence-electron chi connectivity index (χ3n) is 10.3. The second kappa shape index (κ2) is 11.2. The molecule has 0 aliphatic heterocycles. The van der Waals surface area contributed by atoms with E-state index in [0.29, 0.717) is 17.5 Å². The highest BCUT2D eigenvalue weighted by molar-refractivity contribution is 6.89. The molecule has 50 heavy (non-hydrogen) atoms. The summed E-state index contributed by atoms with van der Waals surface area (Å²) in [5, 5.41) is 3.57. The van der Waals surface area contributed by atoms with Gasteiger partial charge < -0.3 is 4.42 Å². The van der Waals surface area contributed by atoms with Gasteiger partial charge in [-0.05, 0) is 46.0 Å². The second-order valence-corrected chi connectivity index (χ2v) is 19.9. The number of rotatable bonds is 5. The fourth-order valence-corrected chi connectivity index (χ4v) is 9.55. The summed E-state index contributed by atoms with van der Waals surface area (Å²) in [5.74, 6) is 1.89. The van der Waals surface area contributed by atoms with Crippen LogP contribution in [0.5, 0.6) is 0 Å². The third kappa shape index (κ3) is 4.68. The topological polar surface area (TPSA) is 51.8 Å². The van der Waals surface area contributed by atoms with Crippen molar-refractivity contribution < 1.29 is 4.42 Å². The van der Waals surface area contributed by atoms with Crippen LogP contribution in [0.25, 0.3) is 78.4 Å². The quantitative estimate of drug-likeness (QED) is 0.172. The number of para-hydroxylation sites is 1. The van der Waals surface area contributed by atoms with Crippen LogP contribution in [0.4, 0.5) is 0 Å². The molecule has 1 aliphatic carbocycles. The smallest absolute Gasteiger partial charge is 0.164 e. The maximum absolute atomic E-state index is 6.85. The van der Waals surface area contributed by atoms with Gasteiger partial charge in [-0.15, -0.1) is 0 Å². The average molecular weight is 664 g/mol. The van der Waals surface area contributed by atoms with E-state index in [4.69, 9.17) is 19.4 Å². The Morgan fingerprint density at radius 3 is 1.78 bits per heavy atom. The van der Waals surface area contributed by atoms with Gasteiger partial charge in [0.25, 0.3) is 0 Å². The largest absolute Gasteiger partial charge is 0.455 e. The first-order valence-electron chi connectivity index (χ1n) is 17.3. The van der Waals surface area contributed by atoms with Gasteiger partial charge in [-0.2, -0.15) is 0 Å². The van der Waals surface area contributed by atoms with Crippen molar-refractivity contribution in [2.24, 2.45) is 0 Å². The van der Waals surface area contributed by atoms with E-state index in [1.807, 2.05) is 66.7 Å². The molecule has 0 N–H and O–H groups in total. The molecule has 1 aliphatic rings. The molecule has 2 heterocycles.